The maximum absolute atomic E-state index is 5.77. The third kappa shape index (κ3) is 2.12. The molecule has 0 atom stereocenters. The van der Waals surface area contributed by atoms with Crippen molar-refractivity contribution >= 4 is 0 Å². The SMILES string of the molecule is CN(CC1=CCCC1)C1CC(N)C1. The molecule has 0 aliphatic heterocycles. The summed E-state index contributed by atoms with van der Waals surface area (Å²) in [6, 6.07) is 1.24. The Kier molecular flexibility index (Phi) is 2.70. The Hall–Kier alpha value is -0.340. The Balaban J connectivity index is 1.75. The fraction of sp³-hybridized carbons (Fsp3) is 0.818. The van der Waals surface area contributed by atoms with E-state index in [9.17, 15) is 0 Å². The second kappa shape index (κ2) is 3.81. The number of nitrogens with two attached hydrogens (primary N) is 1. The average molecular weight is 180 g/mol. The minimum atomic E-state index is 0.477. The summed E-state index contributed by atoms with van der Waals surface area (Å²) in [5.74, 6) is 0. The fourth-order valence-corrected chi connectivity index (χ4v) is 2.32. The van der Waals surface area contributed by atoms with Crippen molar-refractivity contribution in [2.24, 2.45) is 5.73 Å². The zero-order valence-electron chi connectivity index (χ0n) is 8.50. The first-order valence-corrected chi connectivity index (χ1v) is 5.39. The molecular formula is C11H20N2. The Morgan fingerprint density at radius 2 is 2.31 bits per heavy atom. The Morgan fingerprint density at radius 3 is 2.85 bits per heavy atom. The molecule has 1 saturated carbocycles. The first-order valence-electron chi connectivity index (χ1n) is 5.39. The molecule has 0 spiro atoms. The van der Waals surface area contributed by atoms with Crippen LogP contribution in [0.4, 0.5) is 0 Å². The van der Waals surface area contributed by atoms with Gasteiger partial charge in [0.25, 0.3) is 0 Å². The van der Waals surface area contributed by atoms with E-state index < -0.39 is 0 Å². The van der Waals surface area contributed by atoms with Gasteiger partial charge in [-0.3, -0.25) is 4.90 Å². The Bertz CT molecular complexity index is 204. The predicted octanol–water partition coefficient (Wildman–Crippen LogP) is 1.52. The van der Waals surface area contributed by atoms with Crippen molar-refractivity contribution in [3.8, 4) is 0 Å². The zero-order valence-corrected chi connectivity index (χ0v) is 8.50. The summed E-state index contributed by atoms with van der Waals surface area (Å²) in [4.78, 5) is 2.47. The molecule has 74 valence electrons. The van der Waals surface area contributed by atoms with E-state index in [2.05, 4.69) is 18.0 Å². The van der Waals surface area contributed by atoms with Crippen LogP contribution in [0.3, 0.4) is 0 Å². The van der Waals surface area contributed by atoms with Gasteiger partial charge in [-0.25, -0.2) is 0 Å². The van der Waals surface area contributed by atoms with Crippen LogP contribution >= 0.6 is 0 Å². The minimum Gasteiger partial charge on any atom is -0.328 e. The van der Waals surface area contributed by atoms with Gasteiger partial charge in [-0.1, -0.05) is 11.6 Å². The molecule has 2 N–H and O–H groups in total. The third-order valence-corrected chi connectivity index (χ3v) is 3.36. The number of nitrogens with zero attached hydrogens (tertiary/aromatic N) is 1. The van der Waals surface area contributed by atoms with Crippen molar-refractivity contribution in [3.05, 3.63) is 11.6 Å². The fourth-order valence-electron chi connectivity index (χ4n) is 2.32. The molecule has 0 amide bonds. The summed E-state index contributed by atoms with van der Waals surface area (Å²) >= 11 is 0. The highest BCUT2D eigenvalue weighted by Gasteiger charge is 2.29. The van der Waals surface area contributed by atoms with E-state index >= 15 is 0 Å². The van der Waals surface area contributed by atoms with Gasteiger partial charge in [-0.05, 0) is 39.2 Å². The molecule has 2 aliphatic rings. The van der Waals surface area contributed by atoms with Crippen molar-refractivity contribution < 1.29 is 0 Å². The first kappa shape index (κ1) is 9.22. The number of hydrogen-bond acceptors (Lipinski definition) is 2. The summed E-state index contributed by atoms with van der Waals surface area (Å²) in [6.45, 7) is 1.18. The van der Waals surface area contributed by atoms with Gasteiger partial charge in [-0.15, -0.1) is 0 Å². The molecule has 1 fully saturated rings. The summed E-state index contributed by atoms with van der Waals surface area (Å²) in [5, 5.41) is 0. The normalized spacial score (nSPS) is 33.3. The molecule has 0 aromatic carbocycles. The van der Waals surface area contributed by atoms with Crippen LogP contribution < -0.4 is 5.73 Å². The van der Waals surface area contributed by atoms with Crippen molar-refractivity contribution in [2.75, 3.05) is 13.6 Å². The maximum atomic E-state index is 5.77. The molecule has 2 aliphatic carbocycles. The van der Waals surface area contributed by atoms with E-state index in [1.54, 1.807) is 5.57 Å². The number of rotatable bonds is 3. The van der Waals surface area contributed by atoms with Crippen molar-refractivity contribution in [3.63, 3.8) is 0 Å². The van der Waals surface area contributed by atoms with Crippen LogP contribution in [0.2, 0.25) is 0 Å². The van der Waals surface area contributed by atoms with Crippen molar-refractivity contribution in [2.45, 2.75) is 44.2 Å². The topological polar surface area (TPSA) is 29.3 Å². The van der Waals surface area contributed by atoms with Gasteiger partial charge in [0.15, 0.2) is 0 Å². The Morgan fingerprint density at radius 1 is 1.54 bits per heavy atom. The van der Waals surface area contributed by atoms with Crippen LogP contribution in [-0.2, 0) is 0 Å². The lowest BCUT2D eigenvalue weighted by Gasteiger charge is -2.39. The monoisotopic (exact) mass is 180 g/mol. The first-order chi connectivity index (χ1) is 6.25. The predicted molar refractivity (Wildman–Crippen MR) is 55.6 cm³/mol. The highest BCUT2D eigenvalue weighted by molar-refractivity contribution is 5.10. The lowest BCUT2D eigenvalue weighted by atomic mass is 9.86. The number of likely N-dealkylation sites (N-methyl/N-ethyl adjacent to an activating group) is 1. The van der Waals surface area contributed by atoms with E-state index in [0.29, 0.717) is 6.04 Å². The Labute approximate surface area is 80.8 Å². The molecule has 0 aromatic heterocycles. The van der Waals surface area contributed by atoms with E-state index in [4.69, 9.17) is 5.73 Å². The highest BCUT2D eigenvalue weighted by atomic mass is 15.1. The molecule has 2 rings (SSSR count). The lowest BCUT2D eigenvalue weighted by Crippen LogP contribution is -2.49. The molecule has 0 aromatic rings. The molecule has 13 heavy (non-hydrogen) atoms. The molecular weight excluding hydrogens is 160 g/mol. The van der Waals surface area contributed by atoms with E-state index in [1.807, 2.05) is 0 Å². The summed E-state index contributed by atoms with van der Waals surface area (Å²) in [7, 11) is 2.23. The maximum Gasteiger partial charge on any atom is 0.0192 e. The van der Waals surface area contributed by atoms with Crippen LogP contribution in [0, 0.1) is 0 Å². The van der Waals surface area contributed by atoms with Crippen molar-refractivity contribution in [1.82, 2.24) is 4.90 Å². The minimum absolute atomic E-state index is 0.477. The average Bonchev–Trinajstić information content (AvgIpc) is 2.51. The number of hydrogen-bond donors (Lipinski definition) is 1. The van der Waals surface area contributed by atoms with Gasteiger partial charge in [0.05, 0.1) is 0 Å². The smallest absolute Gasteiger partial charge is 0.0192 e. The largest absolute Gasteiger partial charge is 0.328 e. The summed E-state index contributed by atoms with van der Waals surface area (Å²) in [5.41, 5.74) is 7.42. The second-order valence-corrected chi connectivity index (χ2v) is 4.56. The third-order valence-electron chi connectivity index (χ3n) is 3.36. The molecule has 0 bridgehead atoms. The van der Waals surface area contributed by atoms with E-state index in [0.717, 1.165) is 6.04 Å². The molecule has 0 unspecified atom stereocenters. The van der Waals surface area contributed by atoms with Gasteiger partial charge < -0.3 is 5.73 Å². The van der Waals surface area contributed by atoms with E-state index in [1.165, 1.54) is 38.6 Å². The summed E-state index contributed by atoms with van der Waals surface area (Å²) < 4.78 is 0. The second-order valence-electron chi connectivity index (χ2n) is 4.56. The van der Waals surface area contributed by atoms with Gasteiger partial charge in [0.1, 0.15) is 0 Å². The van der Waals surface area contributed by atoms with Gasteiger partial charge in [-0.2, -0.15) is 0 Å². The van der Waals surface area contributed by atoms with Gasteiger partial charge >= 0.3 is 0 Å². The molecule has 0 radical (unpaired) electrons. The standard InChI is InChI=1S/C11H20N2/c1-13(11-6-10(12)7-11)8-9-4-2-3-5-9/h4,10-11H,2-3,5-8,12H2,1H3. The highest BCUT2D eigenvalue weighted by Crippen LogP contribution is 2.25. The molecule has 2 nitrogen and oxygen atoms in total. The van der Waals surface area contributed by atoms with Crippen LogP contribution in [0.25, 0.3) is 0 Å². The molecule has 0 heterocycles. The molecule has 2 heteroatoms. The number of allylic oxidation sites excluding steroid dienone is 1. The quantitative estimate of drug-likeness (QED) is 0.667. The summed E-state index contributed by atoms with van der Waals surface area (Å²) in [6.07, 6.45) is 8.80. The van der Waals surface area contributed by atoms with Crippen molar-refractivity contribution in [1.29, 1.82) is 0 Å². The lowest BCUT2D eigenvalue weighted by molar-refractivity contribution is 0.149. The van der Waals surface area contributed by atoms with Crippen LogP contribution in [0.1, 0.15) is 32.1 Å². The van der Waals surface area contributed by atoms with Crippen LogP contribution in [0.5, 0.6) is 0 Å². The van der Waals surface area contributed by atoms with Crippen LogP contribution in [-0.4, -0.2) is 30.6 Å². The van der Waals surface area contributed by atoms with Crippen LogP contribution in [0.15, 0.2) is 11.6 Å². The molecule has 0 saturated heterocycles. The van der Waals surface area contributed by atoms with E-state index in [-0.39, 0.29) is 0 Å². The van der Waals surface area contributed by atoms with Gasteiger partial charge in [0.2, 0.25) is 0 Å². The zero-order chi connectivity index (χ0) is 9.26. The van der Waals surface area contributed by atoms with Gasteiger partial charge in [0, 0.05) is 18.6 Å².